The van der Waals surface area contributed by atoms with Crippen LogP contribution >= 0.6 is 0 Å². The first-order valence-corrected chi connectivity index (χ1v) is 6.89. The van der Waals surface area contributed by atoms with Crippen molar-refractivity contribution in [2.24, 2.45) is 0 Å². The maximum Gasteiger partial charge on any atom is 0.259 e. The number of hydrogen-bond donors (Lipinski definition) is 0. The Bertz CT molecular complexity index is 830. The van der Waals surface area contributed by atoms with E-state index in [1.807, 2.05) is 6.07 Å². The van der Waals surface area contributed by atoms with Crippen molar-refractivity contribution in [1.82, 2.24) is 4.90 Å². The van der Waals surface area contributed by atoms with Crippen LogP contribution < -0.4 is 4.74 Å². The summed E-state index contributed by atoms with van der Waals surface area (Å²) in [5.41, 5.74) is 0.261. The van der Waals surface area contributed by atoms with Gasteiger partial charge in [-0.25, -0.2) is 8.78 Å². The molecule has 116 valence electrons. The van der Waals surface area contributed by atoms with Crippen molar-refractivity contribution in [2.75, 3.05) is 7.11 Å². The number of carbonyl (C=O) groups is 1. The van der Waals surface area contributed by atoms with E-state index in [1.54, 1.807) is 6.07 Å². The molecule has 0 radical (unpaired) electrons. The number of benzene rings is 2. The van der Waals surface area contributed by atoms with Crippen LogP contribution in [0.1, 0.15) is 27.5 Å². The molecule has 0 bridgehead atoms. The number of rotatable bonds is 3. The van der Waals surface area contributed by atoms with Crippen LogP contribution in [0.5, 0.6) is 5.75 Å². The van der Waals surface area contributed by atoms with Crippen LogP contribution in [0.3, 0.4) is 0 Å². The number of nitriles is 1. The standard InChI is InChI=1S/C17H12F2N2O2/c1-23-14-7-6-12(19)15-13(8-20)21(17(22)16(14)15)9-10-4-2-3-5-11(10)18/h2-7,13H,9H2,1H3. The second-order valence-corrected chi connectivity index (χ2v) is 5.09. The van der Waals surface area contributed by atoms with E-state index < -0.39 is 23.6 Å². The lowest BCUT2D eigenvalue weighted by molar-refractivity contribution is 0.0740. The van der Waals surface area contributed by atoms with Gasteiger partial charge in [0.1, 0.15) is 23.4 Å². The van der Waals surface area contributed by atoms with Crippen LogP contribution in [-0.4, -0.2) is 17.9 Å². The highest BCUT2D eigenvalue weighted by Crippen LogP contribution is 2.40. The van der Waals surface area contributed by atoms with Gasteiger partial charge in [0, 0.05) is 11.1 Å². The number of fused-ring (bicyclic) bond motifs is 1. The highest BCUT2D eigenvalue weighted by atomic mass is 19.1. The molecule has 0 N–H and O–H groups in total. The third kappa shape index (κ3) is 2.30. The zero-order chi connectivity index (χ0) is 16.6. The van der Waals surface area contributed by atoms with Crippen molar-refractivity contribution >= 4 is 5.91 Å². The van der Waals surface area contributed by atoms with E-state index in [0.29, 0.717) is 0 Å². The van der Waals surface area contributed by atoms with Gasteiger partial charge in [-0.1, -0.05) is 18.2 Å². The fourth-order valence-electron chi connectivity index (χ4n) is 2.76. The minimum Gasteiger partial charge on any atom is -0.496 e. The maximum atomic E-state index is 14.1. The molecule has 2 aromatic rings. The van der Waals surface area contributed by atoms with Gasteiger partial charge in [0.15, 0.2) is 0 Å². The van der Waals surface area contributed by atoms with E-state index in [2.05, 4.69) is 0 Å². The Kier molecular flexibility index (Phi) is 3.70. The van der Waals surface area contributed by atoms with Crippen LogP contribution in [-0.2, 0) is 6.54 Å². The van der Waals surface area contributed by atoms with Gasteiger partial charge < -0.3 is 9.64 Å². The van der Waals surface area contributed by atoms with Gasteiger partial charge >= 0.3 is 0 Å². The molecule has 6 heteroatoms. The van der Waals surface area contributed by atoms with Crippen molar-refractivity contribution < 1.29 is 18.3 Å². The molecule has 0 fully saturated rings. The monoisotopic (exact) mass is 314 g/mol. The molecule has 1 unspecified atom stereocenters. The van der Waals surface area contributed by atoms with Crippen LogP contribution in [0.4, 0.5) is 8.78 Å². The molecule has 1 amide bonds. The van der Waals surface area contributed by atoms with Crippen molar-refractivity contribution in [3.8, 4) is 11.8 Å². The summed E-state index contributed by atoms with van der Waals surface area (Å²) in [6.07, 6.45) is 0. The van der Waals surface area contributed by atoms with E-state index in [-0.39, 0.29) is 29.0 Å². The fourth-order valence-corrected chi connectivity index (χ4v) is 2.76. The fraction of sp³-hybridized carbons (Fsp3) is 0.176. The largest absolute Gasteiger partial charge is 0.496 e. The van der Waals surface area contributed by atoms with Crippen molar-refractivity contribution in [3.05, 3.63) is 64.7 Å². The van der Waals surface area contributed by atoms with Crippen molar-refractivity contribution in [2.45, 2.75) is 12.6 Å². The van der Waals surface area contributed by atoms with Gasteiger partial charge in [-0.15, -0.1) is 0 Å². The topological polar surface area (TPSA) is 53.3 Å². The number of nitrogens with zero attached hydrogens (tertiary/aromatic N) is 2. The lowest BCUT2D eigenvalue weighted by Crippen LogP contribution is -2.27. The first kappa shape index (κ1) is 15.0. The third-order valence-electron chi connectivity index (χ3n) is 3.85. The smallest absolute Gasteiger partial charge is 0.259 e. The summed E-state index contributed by atoms with van der Waals surface area (Å²) >= 11 is 0. The molecule has 0 spiro atoms. The molecule has 4 nitrogen and oxygen atoms in total. The summed E-state index contributed by atoms with van der Waals surface area (Å²) < 4.78 is 33.1. The maximum absolute atomic E-state index is 14.1. The van der Waals surface area contributed by atoms with Gasteiger partial charge in [-0.2, -0.15) is 5.26 Å². The number of halogens is 2. The number of ether oxygens (including phenoxy) is 1. The summed E-state index contributed by atoms with van der Waals surface area (Å²) in [6.45, 7) is -0.124. The Morgan fingerprint density at radius 1 is 1.22 bits per heavy atom. The van der Waals surface area contributed by atoms with Crippen LogP contribution in [0, 0.1) is 23.0 Å². The average Bonchev–Trinajstić information content (AvgIpc) is 2.84. The zero-order valence-electron chi connectivity index (χ0n) is 12.2. The predicted molar refractivity (Wildman–Crippen MR) is 77.6 cm³/mol. The van der Waals surface area contributed by atoms with Crippen molar-refractivity contribution in [3.63, 3.8) is 0 Å². The number of hydrogen-bond acceptors (Lipinski definition) is 3. The Morgan fingerprint density at radius 3 is 2.61 bits per heavy atom. The highest BCUT2D eigenvalue weighted by molar-refractivity contribution is 6.02. The second-order valence-electron chi connectivity index (χ2n) is 5.09. The lowest BCUT2D eigenvalue weighted by atomic mass is 10.0. The third-order valence-corrected chi connectivity index (χ3v) is 3.85. The summed E-state index contributed by atoms with van der Waals surface area (Å²) in [4.78, 5) is 13.8. The highest BCUT2D eigenvalue weighted by Gasteiger charge is 2.41. The molecule has 23 heavy (non-hydrogen) atoms. The van der Waals surface area contributed by atoms with E-state index in [0.717, 1.165) is 11.0 Å². The lowest BCUT2D eigenvalue weighted by Gasteiger charge is -2.20. The first-order chi connectivity index (χ1) is 11.1. The molecule has 0 aliphatic carbocycles. The Balaban J connectivity index is 2.08. The molecule has 1 heterocycles. The molecule has 2 aromatic carbocycles. The first-order valence-electron chi connectivity index (χ1n) is 6.89. The molecule has 1 aliphatic rings. The van der Waals surface area contributed by atoms with Gasteiger partial charge in [0.2, 0.25) is 0 Å². The molecular weight excluding hydrogens is 302 g/mol. The molecule has 1 aliphatic heterocycles. The molecule has 0 saturated carbocycles. The number of carbonyl (C=O) groups excluding carboxylic acids is 1. The Labute approximate surface area is 131 Å². The van der Waals surface area contributed by atoms with Crippen LogP contribution in [0.15, 0.2) is 36.4 Å². The minimum absolute atomic E-state index is 0.0202. The minimum atomic E-state index is -1.12. The molecule has 3 rings (SSSR count). The van der Waals surface area contributed by atoms with E-state index in [4.69, 9.17) is 4.74 Å². The van der Waals surface area contributed by atoms with Gasteiger partial charge in [-0.05, 0) is 18.2 Å². The van der Waals surface area contributed by atoms with E-state index in [1.165, 1.54) is 31.4 Å². The number of amides is 1. The van der Waals surface area contributed by atoms with Crippen LogP contribution in [0.2, 0.25) is 0 Å². The Morgan fingerprint density at radius 2 is 1.96 bits per heavy atom. The second kappa shape index (κ2) is 5.69. The summed E-state index contributed by atoms with van der Waals surface area (Å²) in [6, 6.07) is 9.25. The van der Waals surface area contributed by atoms with Gasteiger partial charge in [0.05, 0.1) is 25.3 Å². The normalized spacial score (nSPS) is 16.2. The SMILES string of the molecule is COc1ccc(F)c2c1C(=O)N(Cc1ccccc1F)C2C#N. The number of methoxy groups -OCH3 is 1. The molecule has 0 saturated heterocycles. The van der Waals surface area contributed by atoms with E-state index in [9.17, 15) is 18.8 Å². The predicted octanol–water partition coefficient (Wildman–Crippen LogP) is 3.19. The molecule has 0 aromatic heterocycles. The summed E-state index contributed by atoms with van der Waals surface area (Å²) in [5.74, 6) is -1.49. The quantitative estimate of drug-likeness (QED) is 0.874. The zero-order valence-corrected chi connectivity index (χ0v) is 12.2. The van der Waals surface area contributed by atoms with Crippen LogP contribution in [0.25, 0.3) is 0 Å². The van der Waals surface area contributed by atoms with Gasteiger partial charge in [0.25, 0.3) is 5.91 Å². The summed E-state index contributed by atoms with van der Waals surface area (Å²) in [7, 11) is 1.36. The molecular formula is C17H12F2N2O2. The summed E-state index contributed by atoms with van der Waals surface area (Å²) in [5, 5.41) is 9.39. The molecule has 1 atom stereocenters. The Hall–Kier alpha value is -2.94. The van der Waals surface area contributed by atoms with E-state index >= 15 is 0 Å². The van der Waals surface area contributed by atoms with Crippen molar-refractivity contribution in [1.29, 1.82) is 5.26 Å². The average molecular weight is 314 g/mol. The van der Waals surface area contributed by atoms with Gasteiger partial charge in [-0.3, -0.25) is 4.79 Å².